The van der Waals surface area contributed by atoms with Crippen molar-refractivity contribution in [2.24, 2.45) is 10.9 Å². The Bertz CT molecular complexity index is 418. The van der Waals surface area contributed by atoms with E-state index in [4.69, 9.17) is 15.7 Å². The second-order valence-corrected chi connectivity index (χ2v) is 3.97. The van der Waals surface area contributed by atoms with E-state index in [9.17, 15) is 0 Å². The normalized spacial score (nSPS) is 17.9. The number of morpholine rings is 1. The number of rotatable bonds is 4. The lowest BCUT2D eigenvalue weighted by molar-refractivity contribution is 0.0105. The predicted molar refractivity (Wildman–Crippen MR) is 66.0 cm³/mol. The highest BCUT2D eigenvalue weighted by molar-refractivity contribution is 5.95. The van der Waals surface area contributed by atoms with Crippen LogP contribution in [0.5, 0.6) is 0 Å². The zero-order valence-electron chi connectivity index (χ0n) is 10.0. The maximum atomic E-state index is 8.60. The second-order valence-electron chi connectivity index (χ2n) is 3.97. The van der Waals surface area contributed by atoms with E-state index in [1.165, 1.54) is 0 Å². The topological polar surface area (TPSA) is 96.0 Å². The second kappa shape index (κ2) is 6.29. The van der Waals surface area contributed by atoms with Crippen molar-refractivity contribution in [1.29, 1.82) is 0 Å². The summed E-state index contributed by atoms with van der Waals surface area (Å²) in [6.07, 6.45) is 1.64. The van der Waals surface area contributed by atoms with Crippen molar-refractivity contribution in [3.63, 3.8) is 0 Å². The molecule has 0 amide bonds. The summed E-state index contributed by atoms with van der Waals surface area (Å²) in [6, 6.07) is 3.68. The van der Waals surface area contributed by atoms with Gasteiger partial charge >= 0.3 is 0 Å². The molecular formula is C11H17N5O2. The van der Waals surface area contributed by atoms with Gasteiger partial charge in [-0.25, -0.2) is 5.01 Å². The molecule has 0 spiro atoms. The van der Waals surface area contributed by atoms with Crippen LogP contribution < -0.4 is 11.2 Å². The highest BCUT2D eigenvalue weighted by atomic mass is 16.5. The van der Waals surface area contributed by atoms with Gasteiger partial charge in [0.1, 0.15) is 5.69 Å². The highest BCUT2D eigenvalue weighted by Gasteiger charge is 2.09. The van der Waals surface area contributed by atoms with E-state index in [0.29, 0.717) is 12.2 Å². The van der Waals surface area contributed by atoms with Crippen LogP contribution in [0.3, 0.4) is 0 Å². The van der Waals surface area contributed by atoms with E-state index >= 15 is 0 Å². The number of nitrogens with one attached hydrogen (secondary N) is 1. The Labute approximate surface area is 105 Å². The van der Waals surface area contributed by atoms with Gasteiger partial charge in [-0.15, -0.1) is 0 Å². The molecule has 7 nitrogen and oxygen atoms in total. The number of hydrogen-bond acceptors (Lipinski definition) is 6. The number of pyridine rings is 1. The number of hydrogen-bond donors (Lipinski definition) is 3. The van der Waals surface area contributed by atoms with Crippen LogP contribution in [0.25, 0.3) is 0 Å². The average molecular weight is 251 g/mol. The van der Waals surface area contributed by atoms with Gasteiger partial charge in [-0.2, -0.15) is 0 Å². The molecule has 1 aromatic rings. The average Bonchev–Trinajstić information content (AvgIpc) is 2.45. The van der Waals surface area contributed by atoms with Crippen LogP contribution in [0.1, 0.15) is 11.3 Å². The van der Waals surface area contributed by atoms with E-state index in [-0.39, 0.29) is 5.84 Å². The number of nitrogens with two attached hydrogens (primary N) is 1. The fourth-order valence-corrected chi connectivity index (χ4v) is 1.70. The Morgan fingerprint density at radius 1 is 1.56 bits per heavy atom. The third-order valence-electron chi connectivity index (χ3n) is 2.71. The van der Waals surface area contributed by atoms with Gasteiger partial charge in [0.15, 0.2) is 5.84 Å². The highest BCUT2D eigenvalue weighted by Crippen LogP contribution is 2.02. The lowest BCUT2D eigenvalue weighted by atomic mass is 10.2. The fourth-order valence-electron chi connectivity index (χ4n) is 1.70. The number of oxime groups is 1. The third kappa shape index (κ3) is 3.39. The summed E-state index contributed by atoms with van der Waals surface area (Å²) in [4.78, 5) is 4.03. The molecule has 0 aliphatic carbocycles. The van der Waals surface area contributed by atoms with Crippen molar-refractivity contribution < 1.29 is 9.94 Å². The van der Waals surface area contributed by atoms with E-state index in [2.05, 4.69) is 20.6 Å². The Kier molecular flexibility index (Phi) is 4.46. The van der Waals surface area contributed by atoms with Crippen molar-refractivity contribution in [2.45, 2.75) is 6.54 Å². The smallest absolute Gasteiger partial charge is 0.188 e. The molecule has 0 saturated carbocycles. The van der Waals surface area contributed by atoms with Gasteiger partial charge in [0.25, 0.3) is 0 Å². The molecule has 0 radical (unpaired) electrons. The molecular weight excluding hydrogens is 234 g/mol. The first-order chi connectivity index (χ1) is 8.79. The van der Waals surface area contributed by atoms with Crippen molar-refractivity contribution in [3.05, 3.63) is 29.6 Å². The molecule has 1 saturated heterocycles. The van der Waals surface area contributed by atoms with Crippen LogP contribution in [0, 0.1) is 0 Å². The first-order valence-corrected chi connectivity index (χ1v) is 5.78. The van der Waals surface area contributed by atoms with Crippen LogP contribution in [0.2, 0.25) is 0 Å². The van der Waals surface area contributed by atoms with E-state index < -0.39 is 0 Å². The van der Waals surface area contributed by atoms with Gasteiger partial charge in [0.05, 0.1) is 13.2 Å². The van der Waals surface area contributed by atoms with Crippen LogP contribution in [0.4, 0.5) is 0 Å². The number of nitrogens with zero attached hydrogens (tertiary/aromatic N) is 3. The van der Waals surface area contributed by atoms with Gasteiger partial charge < -0.3 is 15.7 Å². The molecule has 1 aromatic heterocycles. The third-order valence-corrected chi connectivity index (χ3v) is 2.71. The monoisotopic (exact) mass is 251 g/mol. The minimum atomic E-state index is 0.0169. The molecule has 2 rings (SSSR count). The fraction of sp³-hybridized carbons (Fsp3) is 0.455. The van der Waals surface area contributed by atoms with Crippen LogP contribution in [-0.2, 0) is 11.3 Å². The molecule has 0 atom stereocenters. The molecule has 1 aliphatic heterocycles. The molecule has 4 N–H and O–H groups in total. The lowest BCUT2D eigenvalue weighted by Crippen LogP contribution is -2.45. The number of hydrazine groups is 1. The summed E-state index contributed by atoms with van der Waals surface area (Å²) >= 11 is 0. The number of aromatic nitrogens is 1. The molecule has 2 heterocycles. The minimum absolute atomic E-state index is 0.0169. The SMILES string of the molecule is N/C(=N/O)c1cc(CNN2CCOCC2)ccn1. The summed E-state index contributed by atoms with van der Waals surface area (Å²) in [5, 5.41) is 13.7. The quantitative estimate of drug-likeness (QED) is 0.289. The maximum Gasteiger partial charge on any atom is 0.188 e. The van der Waals surface area contributed by atoms with Gasteiger partial charge in [0, 0.05) is 25.8 Å². The largest absolute Gasteiger partial charge is 0.409 e. The Balaban J connectivity index is 1.92. The van der Waals surface area contributed by atoms with E-state index in [0.717, 1.165) is 31.9 Å². The van der Waals surface area contributed by atoms with Crippen LogP contribution in [-0.4, -0.2) is 47.3 Å². The van der Waals surface area contributed by atoms with Crippen molar-refractivity contribution in [3.8, 4) is 0 Å². The Morgan fingerprint density at radius 2 is 2.33 bits per heavy atom. The summed E-state index contributed by atoms with van der Waals surface area (Å²) in [6.45, 7) is 3.92. The molecule has 7 heteroatoms. The number of ether oxygens (including phenoxy) is 1. The zero-order valence-corrected chi connectivity index (χ0v) is 10.0. The van der Waals surface area contributed by atoms with E-state index in [1.54, 1.807) is 12.3 Å². The molecule has 1 fully saturated rings. The van der Waals surface area contributed by atoms with Crippen LogP contribution in [0.15, 0.2) is 23.5 Å². The number of amidine groups is 1. The van der Waals surface area contributed by atoms with Gasteiger partial charge in [-0.3, -0.25) is 10.4 Å². The Morgan fingerprint density at radius 3 is 3.06 bits per heavy atom. The summed E-state index contributed by atoms with van der Waals surface area (Å²) in [7, 11) is 0. The van der Waals surface area contributed by atoms with Gasteiger partial charge in [0.2, 0.25) is 0 Å². The first kappa shape index (κ1) is 12.7. The van der Waals surface area contributed by atoms with Crippen LogP contribution >= 0.6 is 0 Å². The minimum Gasteiger partial charge on any atom is -0.409 e. The standard InChI is InChI=1S/C11H17N5O2/c12-11(15-17)10-7-9(1-2-13-10)8-14-16-3-5-18-6-4-16/h1-2,7,14,17H,3-6,8H2,(H2,12,15). The molecule has 0 bridgehead atoms. The predicted octanol–water partition coefficient (Wildman–Crippen LogP) is -0.487. The molecule has 0 aromatic carbocycles. The maximum absolute atomic E-state index is 8.60. The lowest BCUT2D eigenvalue weighted by Gasteiger charge is -2.27. The molecule has 1 aliphatic rings. The van der Waals surface area contributed by atoms with Crippen molar-refractivity contribution >= 4 is 5.84 Å². The molecule has 98 valence electrons. The van der Waals surface area contributed by atoms with Gasteiger partial charge in [-0.1, -0.05) is 5.16 Å². The summed E-state index contributed by atoms with van der Waals surface area (Å²) < 4.78 is 5.27. The van der Waals surface area contributed by atoms with E-state index in [1.807, 2.05) is 6.07 Å². The molecule has 0 unspecified atom stereocenters. The molecule has 18 heavy (non-hydrogen) atoms. The van der Waals surface area contributed by atoms with Crippen molar-refractivity contribution in [2.75, 3.05) is 26.3 Å². The summed E-state index contributed by atoms with van der Waals surface area (Å²) in [5.74, 6) is 0.0169. The first-order valence-electron chi connectivity index (χ1n) is 5.78. The Hall–Kier alpha value is -1.70. The van der Waals surface area contributed by atoms with Crippen molar-refractivity contribution in [1.82, 2.24) is 15.4 Å². The summed E-state index contributed by atoms with van der Waals surface area (Å²) in [5.41, 5.74) is 10.3. The zero-order chi connectivity index (χ0) is 12.8. The van der Waals surface area contributed by atoms with Gasteiger partial charge in [-0.05, 0) is 17.7 Å².